The Bertz CT molecular complexity index is 545. The second kappa shape index (κ2) is 4.11. The molecule has 0 aliphatic carbocycles. The molecule has 1 aromatic carbocycles. The van der Waals surface area contributed by atoms with Gasteiger partial charge in [0.15, 0.2) is 5.43 Å². The molecule has 0 aliphatic rings. The highest BCUT2D eigenvalue weighted by atomic mass is 32.2. The predicted octanol–water partition coefficient (Wildman–Crippen LogP) is 2.40. The first-order valence-electron chi connectivity index (χ1n) is 4.80. The molecule has 0 N–H and O–H groups in total. The number of thioether (sulfide) groups is 1. The van der Waals surface area contributed by atoms with Gasteiger partial charge in [0.1, 0.15) is 0 Å². The van der Waals surface area contributed by atoms with Crippen LogP contribution in [0.1, 0.15) is 5.56 Å². The highest BCUT2D eigenvalue weighted by Crippen LogP contribution is 2.12. The van der Waals surface area contributed by atoms with Crippen molar-refractivity contribution in [3.8, 4) is 0 Å². The average Bonchev–Trinajstić information content (AvgIpc) is 2.26. The third-order valence-corrected chi connectivity index (χ3v) is 3.07. The van der Waals surface area contributed by atoms with Crippen LogP contribution in [0.5, 0.6) is 0 Å². The van der Waals surface area contributed by atoms with Crippen LogP contribution < -0.4 is 5.43 Å². The molecule has 0 radical (unpaired) electrons. The van der Waals surface area contributed by atoms with Crippen molar-refractivity contribution < 1.29 is 0 Å². The Morgan fingerprint density at radius 1 is 1.33 bits per heavy atom. The Balaban J connectivity index is 2.79. The van der Waals surface area contributed by atoms with E-state index in [0.29, 0.717) is 0 Å². The molecule has 0 fully saturated rings. The van der Waals surface area contributed by atoms with Crippen molar-refractivity contribution in [2.24, 2.45) is 7.05 Å². The second-order valence-electron chi connectivity index (χ2n) is 3.54. The molecule has 0 saturated heterocycles. The van der Waals surface area contributed by atoms with Crippen LogP contribution in [-0.2, 0) is 12.8 Å². The number of pyridine rings is 1. The number of fused-ring (bicyclic) bond motifs is 1. The number of nitrogens with zero attached hydrogens (tertiary/aromatic N) is 1. The van der Waals surface area contributed by atoms with Crippen LogP contribution in [0, 0.1) is 0 Å². The highest BCUT2D eigenvalue weighted by molar-refractivity contribution is 7.97. The lowest BCUT2D eigenvalue weighted by molar-refractivity contribution is 0.937. The second-order valence-corrected chi connectivity index (χ2v) is 4.41. The van der Waals surface area contributed by atoms with E-state index in [2.05, 4.69) is 0 Å². The predicted molar refractivity (Wildman–Crippen MR) is 66.4 cm³/mol. The van der Waals surface area contributed by atoms with E-state index in [-0.39, 0.29) is 5.43 Å². The molecule has 0 bridgehead atoms. The third-order valence-electron chi connectivity index (χ3n) is 2.47. The van der Waals surface area contributed by atoms with Crippen LogP contribution in [0.3, 0.4) is 0 Å². The first-order valence-corrected chi connectivity index (χ1v) is 6.19. The van der Waals surface area contributed by atoms with E-state index < -0.39 is 0 Å². The van der Waals surface area contributed by atoms with Crippen molar-refractivity contribution in [1.29, 1.82) is 0 Å². The molecule has 0 amide bonds. The van der Waals surface area contributed by atoms with Crippen molar-refractivity contribution in [2.45, 2.75) is 5.75 Å². The fourth-order valence-corrected chi connectivity index (χ4v) is 2.28. The van der Waals surface area contributed by atoms with E-state index in [0.717, 1.165) is 22.2 Å². The van der Waals surface area contributed by atoms with Crippen molar-refractivity contribution in [1.82, 2.24) is 4.57 Å². The SMILES string of the molecule is CSCc1cn(C)c2ccccc2c1=O. The van der Waals surface area contributed by atoms with E-state index in [1.165, 1.54) is 0 Å². The molecule has 2 nitrogen and oxygen atoms in total. The Hall–Kier alpha value is -1.22. The van der Waals surface area contributed by atoms with Crippen LogP contribution in [0.2, 0.25) is 0 Å². The van der Waals surface area contributed by atoms with Gasteiger partial charge in [0, 0.05) is 29.9 Å². The molecule has 0 spiro atoms. The van der Waals surface area contributed by atoms with Crippen LogP contribution in [0.4, 0.5) is 0 Å². The molecule has 0 aliphatic heterocycles. The Morgan fingerprint density at radius 2 is 2.07 bits per heavy atom. The maximum absolute atomic E-state index is 12.0. The van der Waals surface area contributed by atoms with Gasteiger partial charge in [-0.1, -0.05) is 12.1 Å². The zero-order valence-electron chi connectivity index (χ0n) is 8.86. The first kappa shape index (κ1) is 10.3. The lowest BCUT2D eigenvalue weighted by Gasteiger charge is -2.07. The van der Waals surface area contributed by atoms with Gasteiger partial charge in [-0.25, -0.2) is 0 Å². The van der Waals surface area contributed by atoms with Gasteiger partial charge in [-0.05, 0) is 18.4 Å². The summed E-state index contributed by atoms with van der Waals surface area (Å²) in [6.45, 7) is 0. The average molecular weight is 219 g/mol. The maximum atomic E-state index is 12.0. The van der Waals surface area contributed by atoms with Crippen LogP contribution in [-0.4, -0.2) is 10.8 Å². The fourth-order valence-electron chi connectivity index (χ4n) is 1.77. The number of hydrogen-bond acceptors (Lipinski definition) is 2. The normalized spacial score (nSPS) is 10.8. The zero-order chi connectivity index (χ0) is 10.8. The van der Waals surface area contributed by atoms with Gasteiger partial charge in [-0.15, -0.1) is 0 Å². The quantitative estimate of drug-likeness (QED) is 0.773. The first-order chi connectivity index (χ1) is 7.24. The summed E-state index contributed by atoms with van der Waals surface area (Å²) in [6.07, 6.45) is 3.94. The minimum Gasteiger partial charge on any atom is -0.350 e. The van der Waals surface area contributed by atoms with Gasteiger partial charge in [0.2, 0.25) is 0 Å². The number of aromatic nitrogens is 1. The highest BCUT2D eigenvalue weighted by Gasteiger charge is 2.05. The summed E-state index contributed by atoms with van der Waals surface area (Å²) in [4.78, 5) is 12.0. The smallest absolute Gasteiger partial charge is 0.193 e. The molecule has 2 rings (SSSR count). The maximum Gasteiger partial charge on any atom is 0.193 e. The van der Waals surface area contributed by atoms with E-state index in [9.17, 15) is 4.79 Å². The zero-order valence-corrected chi connectivity index (χ0v) is 9.67. The summed E-state index contributed by atoms with van der Waals surface area (Å²) in [6, 6.07) is 7.73. The molecule has 2 aromatic rings. The van der Waals surface area contributed by atoms with Gasteiger partial charge < -0.3 is 4.57 Å². The molecule has 3 heteroatoms. The molecule has 0 unspecified atom stereocenters. The van der Waals surface area contributed by atoms with Gasteiger partial charge in [0.25, 0.3) is 0 Å². The van der Waals surface area contributed by atoms with Crippen molar-refractivity contribution in [3.05, 3.63) is 46.2 Å². The summed E-state index contributed by atoms with van der Waals surface area (Å²) >= 11 is 1.67. The Morgan fingerprint density at radius 3 is 2.80 bits per heavy atom. The lowest BCUT2D eigenvalue weighted by atomic mass is 10.1. The van der Waals surface area contributed by atoms with Crippen LogP contribution in [0.15, 0.2) is 35.3 Å². The molecular formula is C12H13NOS. The van der Waals surface area contributed by atoms with E-state index >= 15 is 0 Å². The lowest BCUT2D eigenvalue weighted by Crippen LogP contribution is -2.12. The molecule has 0 atom stereocenters. The molecule has 78 valence electrons. The Labute approximate surface area is 92.9 Å². The van der Waals surface area contributed by atoms with Crippen molar-refractivity contribution in [2.75, 3.05) is 6.26 Å². The number of hydrogen-bond donors (Lipinski definition) is 0. The summed E-state index contributed by atoms with van der Waals surface area (Å²) in [5.74, 6) is 0.775. The Kier molecular flexibility index (Phi) is 2.82. The standard InChI is InChI=1S/C12H13NOS/c1-13-7-9(8-15-2)12(14)10-5-3-4-6-11(10)13/h3-7H,8H2,1-2H3. The molecule has 1 aromatic heterocycles. The van der Waals surface area contributed by atoms with E-state index in [4.69, 9.17) is 0 Å². The van der Waals surface area contributed by atoms with Gasteiger partial charge in [-0.2, -0.15) is 11.8 Å². The summed E-state index contributed by atoms with van der Waals surface area (Å²) in [5, 5.41) is 0.812. The number of benzene rings is 1. The summed E-state index contributed by atoms with van der Waals surface area (Å²) in [7, 11) is 1.98. The van der Waals surface area contributed by atoms with Crippen molar-refractivity contribution >= 4 is 22.7 Å². The van der Waals surface area contributed by atoms with Crippen LogP contribution >= 0.6 is 11.8 Å². The number of aryl methyl sites for hydroxylation is 1. The summed E-state index contributed by atoms with van der Waals surface area (Å²) < 4.78 is 2.02. The van der Waals surface area contributed by atoms with E-state index in [1.807, 2.05) is 48.3 Å². The van der Waals surface area contributed by atoms with Gasteiger partial charge in [-0.3, -0.25) is 4.79 Å². The third kappa shape index (κ3) is 1.79. The van der Waals surface area contributed by atoms with Gasteiger partial charge in [0.05, 0.1) is 5.52 Å². The summed E-state index contributed by atoms with van der Waals surface area (Å²) in [5.41, 5.74) is 2.04. The van der Waals surface area contributed by atoms with E-state index in [1.54, 1.807) is 11.8 Å². The minimum absolute atomic E-state index is 0.165. The monoisotopic (exact) mass is 219 g/mol. The number of rotatable bonds is 2. The molecular weight excluding hydrogens is 206 g/mol. The molecule has 15 heavy (non-hydrogen) atoms. The number of para-hydroxylation sites is 1. The molecule has 0 saturated carbocycles. The van der Waals surface area contributed by atoms with Gasteiger partial charge >= 0.3 is 0 Å². The topological polar surface area (TPSA) is 22.0 Å². The van der Waals surface area contributed by atoms with Crippen molar-refractivity contribution in [3.63, 3.8) is 0 Å². The molecule has 1 heterocycles. The van der Waals surface area contributed by atoms with Crippen LogP contribution in [0.25, 0.3) is 10.9 Å². The fraction of sp³-hybridized carbons (Fsp3) is 0.250. The minimum atomic E-state index is 0.165. The largest absolute Gasteiger partial charge is 0.350 e.